The molecule has 0 atom stereocenters. The fourth-order valence-corrected chi connectivity index (χ4v) is 1.78. The molecule has 1 heterocycles. The lowest BCUT2D eigenvalue weighted by Gasteiger charge is -2.10. The summed E-state index contributed by atoms with van der Waals surface area (Å²) in [7, 11) is 0. The molecule has 0 unspecified atom stereocenters. The number of hydrogen-bond acceptors (Lipinski definition) is 3. The Morgan fingerprint density at radius 2 is 2.00 bits per heavy atom. The summed E-state index contributed by atoms with van der Waals surface area (Å²) in [5.41, 5.74) is 2.00. The van der Waals surface area contributed by atoms with Crippen molar-refractivity contribution in [3.63, 3.8) is 0 Å². The van der Waals surface area contributed by atoms with E-state index < -0.39 is 0 Å². The van der Waals surface area contributed by atoms with Gasteiger partial charge in [0.05, 0.1) is 29.5 Å². The van der Waals surface area contributed by atoms with Gasteiger partial charge in [-0.25, -0.2) is 4.39 Å². The zero-order valence-corrected chi connectivity index (χ0v) is 11.3. The van der Waals surface area contributed by atoms with Crippen LogP contribution >= 0.6 is 11.6 Å². The Bertz CT molecular complexity index is 560. The normalized spacial score (nSPS) is 10.3. The van der Waals surface area contributed by atoms with Crippen LogP contribution in [-0.4, -0.2) is 11.5 Å². The van der Waals surface area contributed by atoms with E-state index in [4.69, 9.17) is 11.6 Å². The Morgan fingerprint density at radius 3 is 2.74 bits per heavy atom. The van der Waals surface area contributed by atoms with Gasteiger partial charge in [0, 0.05) is 11.6 Å². The maximum atomic E-state index is 13.7. The number of nitrogens with zero attached hydrogens (tertiary/aromatic N) is 1. The van der Waals surface area contributed by atoms with Crippen LogP contribution in [0.2, 0.25) is 5.02 Å². The number of hydrogen-bond donors (Lipinski definition) is 2. The van der Waals surface area contributed by atoms with Gasteiger partial charge < -0.3 is 10.6 Å². The molecule has 0 saturated carbocycles. The van der Waals surface area contributed by atoms with Crippen LogP contribution in [0.15, 0.2) is 36.7 Å². The predicted molar refractivity (Wildman–Crippen MR) is 77.7 cm³/mol. The van der Waals surface area contributed by atoms with E-state index in [0.29, 0.717) is 10.7 Å². The van der Waals surface area contributed by atoms with Crippen molar-refractivity contribution in [2.24, 2.45) is 0 Å². The van der Waals surface area contributed by atoms with Gasteiger partial charge in [-0.3, -0.25) is 4.98 Å². The first-order chi connectivity index (χ1) is 9.19. The average Bonchev–Trinajstić information content (AvgIpc) is 2.40. The highest BCUT2D eigenvalue weighted by atomic mass is 35.5. The zero-order chi connectivity index (χ0) is 13.7. The van der Waals surface area contributed by atoms with Gasteiger partial charge in [0.1, 0.15) is 5.82 Å². The number of anilines is 3. The molecule has 2 N–H and O–H groups in total. The van der Waals surface area contributed by atoms with Crippen molar-refractivity contribution < 1.29 is 4.39 Å². The first kappa shape index (κ1) is 13.6. The van der Waals surface area contributed by atoms with Crippen molar-refractivity contribution in [3.05, 3.63) is 47.5 Å². The van der Waals surface area contributed by atoms with Gasteiger partial charge in [0.25, 0.3) is 0 Å². The largest absolute Gasteiger partial charge is 0.384 e. The van der Waals surface area contributed by atoms with Crippen LogP contribution in [0.5, 0.6) is 0 Å². The molecule has 1 aromatic heterocycles. The predicted octanol–water partition coefficient (Wildman–Crippen LogP) is 4.44. The number of aromatic nitrogens is 1. The highest BCUT2D eigenvalue weighted by molar-refractivity contribution is 6.30. The second kappa shape index (κ2) is 6.38. The molecular weight excluding hydrogens is 265 g/mol. The standard InChI is InChI=1S/C14H15ClFN3/c1-2-5-18-11-7-12(9-17-8-11)19-14-4-3-10(15)6-13(14)16/h3-4,6-9,18-19H,2,5H2,1H3. The smallest absolute Gasteiger partial charge is 0.148 e. The highest BCUT2D eigenvalue weighted by Gasteiger charge is 2.04. The molecule has 0 aliphatic heterocycles. The molecule has 0 radical (unpaired) electrons. The van der Waals surface area contributed by atoms with E-state index in [1.807, 2.05) is 6.07 Å². The van der Waals surface area contributed by atoms with E-state index in [1.54, 1.807) is 24.5 Å². The quantitative estimate of drug-likeness (QED) is 0.849. The molecule has 3 nitrogen and oxygen atoms in total. The summed E-state index contributed by atoms with van der Waals surface area (Å²) in [5, 5.41) is 6.58. The molecule has 0 amide bonds. The third kappa shape index (κ3) is 3.83. The molecule has 0 aliphatic rings. The fourth-order valence-electron chi connectivity index (χ4n) is 1.62. The topological polar surface area (TPSA) is 37.0 Å². The number of pyridine rings is 1. The molecule has 2 aromatic rings. The molecular formula is C14H15ClFN3. The maximum Gasteiger partial charge on any atom is 0.148 e. The van der Waals surface area contributed by atoms with Crippen LogP contribution in [0, 0.1) is 5.82 Å². The molecule has 1 aromatic carbocycles. The number of benzene rings is 1. The molecule has 0 saturated heterocycles. The first-order valence-corrected chi connectivity index (χ1v) is 6.48. The van der Waals surface area contributed by atoms with Gasteiger partial charge in [-0.2, -0.15) is 0 Å². The maximum absolute atomic E-state index is 13.7. The molecule has 5 heteroatoms. The second-order valence-corrected chi connectivity index (χ2v) is 4.57. The lowest BCUT2D eigenvalue weighted by Crippen LogP contribution is -2.01. The van der Waals surface area contributed by atoms with Gasteiger partial charge in [-0.05, 0) is 30.7 Å². The van der Waals surface area contributed by atoms with Crippen molar-refractivity contribution in [1.29, 1.82) is 0 Å². The van der Waals surface area contributed by atoms with Gasteiger partial charge in [0.15, 0.2) is 0 Å². The number of nitrogens with one attached hydrogen (secondary N) is 2. The van der Waals surface area contributed by atoms with E-state index in [9.17, 15) is 4.39 Å². The van der Waals surface area contributed by atoms with Crippen LogP contribution in [0.1, 0.15) is 13.3 Å². The van der Waals surface area contributed by atoms with Crippen molar-refractivity contribution in [1.82, 2.24) is 4.98 Å². The summed E-state index contributed by atoms with van der Waals surface area (Å²) in [6.45, 7) is 2.96. The minimum atomic E-state index is -0.389. The zero-order valence-electron chi connectivity index (χ0n) is 10.6. The minimum Gasteiger partial charge on any atom is -0.384 e. The van der Waals surface area contributed by atoms with E-state index in [0.717, 1.165) is 24.3 Å². The van der Waals surface area contributed by atoms with Crippen molar-refractivity contribution in [3.8, 4) is 0 Å². The summed E-state index contributed by atoms with van der Waals surface area (Å²) in [4.78, 5) is 4.11. The van der Waals surface area contributed by atoms with Crippen molar-refractivity contribution in [2.75, 3.05) is 17.2 Å². The average molecular weight is 280 g/mol. The molecule has 2 rings (SSSR count). The van der Waals surface area contributed by atoms with Crippen LogP contribution in [-0.2, 0) is 0 Å². The Balaban J connectivity index is 2.14. The monoisotopic (exact) mass is 279 g/mol. The molecule has 0 fully saturated rings. The Morgan fingerprint density at radius 1 is 1.21 bits per heavy atom. The summed E-state index contributed by atoms with van der Waals surface area (Å²) in [6.07, 6.45) is 4.41. The molecule has 0 bridgehead atoms. The molecule has 19 heavy (non-hydrogen) atoms. The van der Waals surface area contributed by atoms with Gasteiger partial charge in [0.2, 0.25) is 0 Å². The van der Waals surface area contributed by atoms with E-state index in [1.165, 1.54) is 6.07 Å². The molecule has 0 aliphatic carbocycles. The Hall–Kier alpha value is -1.81. The van der Waals surface area contributed by atoms with Crippen molar-refractivity contribution >= 4 is 28.7 Å². The molecule has 100 valence electrons. The van der Waals surface area contributed by atoms with Gasteiger partial charge >= 0.3 is 0 Å². The fraction of sp³-hybridized carbons (Fsp3) is 0.214. The third-order valence-electron chi connectivity index (χ3n) is 2.53. The van der Waals surface area contributed by atoms with Crippen molar-refractivity contribution in [2.45, 2.75) is 13.3 Å². The van der Waals surface area contributed by atoms with Gasteiger partial charge in [-0.1, -0.05) is 18.5 Å². The summed E-state index contributed by atoms with van der Waals surface area (Å²) in [5.74, 6) is -0.389. The van der Waals surface area contributed by atoms with Crippen LogP contribution in [0.4, 0.5) is 21.5 Å². The SMILES string of the molecule is CCCNc1cncc(Nc2ccc(Cl)cc2F)c1. The van der Waals surface area contributed by atoms with Crippen LogP contribution in [0.3, 0.4) is 0 Å². The third-order valence-corrected chi connectivity index (χ3v) is 2.76. The number of rotatable bonds is 5. The second-order valence-electron chi connectivity index (χ2n) is 4.14. The summed E-state index contributed by atoms with van der Waals surface area (Å²) in [6, 6.07) is 6.40. The van der Waals surface area contributed by atoms with E-state index >= 15 is 0 Å². The lowest BCUT2D eigenvalue weighted by atomic mass is 10.3. The van der Waals surface area contributed by atoms with Crippen LogP contribution < -0.4 is 10.6 Å². The minimum absolute atomic E-state index is 0.374. The lowest BCUT2D eigenvalue weighted by molar-refractivity contribution is 0.632. The summed E-state index contributed by atoms with van der Waals surface area (Å²) >= 11 is 5.71. The van der Waals surface area contributed by atoms with Gasteiger partial charge in [-0.15, -0.1) is 0 Å². The Kier molecular flexibility index (Phi) is 4.58. The van der Waals surface area contributed by atoms with Crippen LogP contribution in [0.25, 0.3) is 0 Å². The van der Waals surface area contributed by atoms with E-state index in [-0.39, 0.29) is 5.82 Å². The van der Waals surface area contributed by atoms with E-state index in [2.05, 4.69) is 22.5 Å². The highest BCUT2D eigenvalue weighted by Crippen LogP contribution is 2.23. The first-order valence-electron chi connectivity index (χ1n) is 6.10. The Labute approximate surface area is 116 Å². The summed E-state index contributed by atoms with van der Waals surface area (Å²) < 4.78 is 13.7. The number of halogens is 2. The molecule has 0 spiro atoms.